The zero-order chi connectivity index (χ0) is 16.1. The number of halogens is 1. The minimum Gasteiger partial charge on any atom is -0.495 e. The predicted octanol–water partition coefficient (Wildman–Crippen LogP) is 4.84. The van der Waals surface area contributed by atoms with Crippen molar-refractivity contribution in [3.63, 3.8) is 0 Å². The number of nitrogens with zero attached hydrogens (tertiary/aromatic N) is 3. The first-order valence-corrected chi connectivity index (χ1v) is 7.03. The molecule has 2 rings (SSSR count). The van der Waals surface area contributed by atoms with Crippen LogP contribution in [0.3, 0.4) is 0 Å². The highest BCUT2D eigenvalue weighted by Crippen LogP contribution is 2.38. The van der Waals surface area contributed by atoms with Crippen LogP contribution in [0.4, 0.5) is 17.1 Å². The van der Waals surface area contributed by atoms with E-state index in [4.69, 9.17) is 21.1 Å². The molecule has 0 radical (unpaired) electrons. The van der Waals surface area contributed by atoms with E-state index in [0.717, 1.165) is 11.4 Å². The van der Waals surface area contributed by atoms with E-state index in [9.17, 15) is 0 Å². The third-order valence-electron chi connectivity index (χ3n) is 3.09. The van der Waals surface area contributed by atoms with E-state index >= 15 is 0 Å². The van der Waals surface area contributed by atoms with Gasteiger partial charge >= 0.3 is 0 Å². The van der Waals surface area contributed by atoms with Crippen LogP contribution in [0.25, 0.3) is 0 Å². The van der Waals surface area contributed by atoms with Gasteiger partial charge in [0.1, 0.15) is 17.2 Å². The molecule has 0 spiro atoms. The molecule has 116 valence electrons. The zero-order valence-electron chi connectivity index (χ0n) is 13.0. The number of rotatable bonds is 5. The van der Waals surface area contributed by atoms with Gasteiger partial charge in [-0.25, -0.2) is 0 Å². The molecule has 0 atom stereocenters. The van der Waals surface area contributed by atoms with Crippen molar-refractivity contribution in [1.29, 1.82) is 0 Å². The van der Waals surface area contributed by atoms with Gasteiger partial charge in [-0.05, 0) is 30.3 Å². The van der Waals surface area contributed by atoms with Crippen LogP contribution in [0.15, 0.2) is 46.6 Å². The Kier molecular flexibility index (Phi) is 5.22. The quantitative estimate of drug-likeness (QED) is 0.741. The first kappa shape index (κ1) is 16.1. The molecule has 0 aliphatic carbocycles. The summed E-state index contributed by atoms with van der Waals surface area (Å²) >= 11 is 6.11. The second kappa shape index (κ2) is 7.13. The number of benzene rings is 2. The normalized spacial score (nSPS) is 10.8. The third-order valence-corrected chi connectivity index (χ3v) is 3.39. The summed E-state index contributed by atoms with van der Waals surface area (Å²) in [5.74, 6) is 1.09. The number of hydrogen-bond donors (Lipinski definition) is 0. The average Bonchev–Trinajstić information content (AvgIpc) is 2.53. The molecule has 0 unspecified atom stereocenters. The maximum absolute atomic E-state index is 6.11. The largest absolute Gasteiger partial charge is 0.495 e. The SMILES string of the molecule is COc1cc(OC)c(N=Nc2ccc(N(C)C)cc2)cc1Cl. The van der Waals surface area contributed by atoms with Gasteiger partial charge in [-0.15, -0.1) is 5.11 Å². The van der Waals surface area contributed by atoms with E-state index in [2.05, 4.69) is 10.2 Å². The molecule has 0 aliphatic heterocycles. The molecule has 22 heavy (non-hydrogen) atoms. The van der Waals surface area contributed by atoms with E-state index in [1.54, 1.807) is 26.4 Å². The van der Waals surface area contributed by atoms with Crippen LogP contribution in [-0.4, -0.2) is 28.3 Å². The highest BCUT2D eigenvalue weighted by Gasteiger charge is 2.09. The van der Waals surface area contributed by atoms with Gasteiger partial charge in [0.25, 0.3) is 0 Å². The lowest BCUT2D eigenvalue weighted by molar-refractivity contribution is 0.395. The van der Waals surface area contributed by atoms with Crippen LogP contribution >= 0.6 is 11.6 Å². The van der Waals surface area contributed by atoms with E-state index in [1.165, 1.54) is 0 Å². The van der Waals surface area contributed by atoms with Crippen LogP contribution in [0.1, 0.15) is 0 Å². The molecular weight excluding hydrogens is 302 g/mol. The highest BCUT2D eigenvalue weighted by molar-refractivity contribution is 6.32. The molecule has 0 bridgehead atoms. The van der Waals surface area contributed by atoms with Gasteiger partial charge in [0.15, 0.2) is 0 Å². The Morgan fingerprint density at radius 2 is 1.55 bits per heavy atom. The summed E-state index contributed by atoms with van der Waals surface area (Å²) in [4.78, 5) is 2.02. The summed E-state index contributed by atoms with van der Waals surface area (Å²) in [6.45, 7) is 0. The summed E-state index contributed by atoms with van der Waals surface area (Å²) in [5.41, 5.74) is 2.40. The lowest BCUT2D eigenvalue weighted by atomic mass is 10.2. The number of hydrogen-bond acceptors (Lipinski definition) is 5. The van der Waals surface area contributed by atoms with Gasteiger partial charge in [-0.1, -0.05) is 11.6 Å². The molecule has 0 saturated heterocycles. The van der Waals surface area contributed by atoms with Crippen molar-refractivity contribution in [2.75, 3.05) is 33.2 Å². The van der Waals surface area contributed by atoms with Crippen molar-refractivity contribution in [3.8, 4) is 11.5 Å². The first-order chi connectivity index (χ1) is 10.5. The Hall–Kier alpha value is -2.27. The molecule has 5 nitrogen and oxygen atoms in total. The summed E-state index contributed by atoms with van der Waals surface area (Å²) in [6.07, 6.45) is 0. The average molecular weight is 320 g/mol. The summed E-state index contributed by atoms with van der Waals surface area (Å²) < 4.78 is 10.4. The van der Waals surface area contributed by atoms with E-state index < -0.39 is 0 Å². The molecule has 0 saturated carbocycles. The topological polar surface area (TPSA) is 46.4 Å². The Balaban J connectivity index is 2.27. The molecular formula is C16H18ClN3O2. The first-order valence-electron chi connectivity index (χ1n) is 6.66. The molecule has 0 aliphatic rings. The monoisotopic (exact) mass is 319 g/mol. The van der Waals surface area contributed by atoms with Crippen LogP contribution in [0.5, 0.6) is 11.5 Å². The third kappa shape index (κ3) is 3.68. The van der Waals surface area contributed by atoms with Crippen molar-refractivity contribution in [3.05, 3.63) is 41.4 Å². The lowest BCUT2D eigenvalue weighted by Crippen LogP contribution is -2.07. The standard InChI is InChI=1S/C16H18ClN3O2/c1-20(2)12-7-5-11(6-8-12)18-19-14-9-13(17)15(21-3)10-16(14)22-4/h5-10H,1-4H3. The van der Waals surface area contributed by atoms with Gasteiger partial charge in [-0.3, -0.25) is 0 Å². The minimum atomic E-state index is 0.459. The van der Waals surface area contributed by atoms with E-state index in [-0.39, 0.29) is 0 Å². The van der Waals surface area contributed by atoms with Crippen molar-refractivity contribution in [2.45, 2.75) is 0 Å². The number of ether oxygens (including phenoxy) is 2. The van der Waals surface area contributed by atoms with Crippen molar-refractivity contribution in [1.82, 2.24) is 0 Å². The fourth-order valence-electron chi connectivity index (χ4n) is 1.85. The van der Waals surface area contributed by atoms with Gasteiger partial charge < -0.3 is 14.4 Å². The fraction of sp³-hybridized carbons (Fsp3) is 0.250. The Morgan fingerprint density at radius 3 is 2.09 bits per heavy atom. The molecule has 0 amide bonds. The van der Waals surface area contributed by atoms with E-state index in [0.29, 0.717) is 22.2 Å². The molecule has 6 heteroatoms. The highest BCUT2D eigenvalue weighted by atomic mass is 35.5. The summed E-state index contributed by atoms with van der Waals surface area (Å²) in [6, 6.07) is 11.1. The second-order valence-electron chi connectivity index (χ2n) is 4.77. The molecule has 2 aromatic rings. The van der Waals surface area contributed by atoms with Crippen molar-refractivity contribution < 1.29 is 9.47 Å². The number of anilines is 1. The van der Waals surface area contributed by atoms with Crippen LogP contribution in [0, 0.1) is 0 Å². The molecule has 0 heterocycles. The Bertz CT molecular complexity index is 670. The van der Waals surface area contributed by atoms with Crippen molar-refractivity contribution in [2.24, 2.45) is 10.2 Å². The van der Waals surface area contributed by atoms with Crippen LogP contribution < -0.4 is 14.4 Å². The summed E-state index contributed by atoms with van der Waals surface area (Å²) in [7, 11) is 7.09. The van der Waals surface area contributed by atoms with Gasteiger partial charge in [-0.2, -0.15) is 5.11 Å². The van der Waals surface area contributed by atoms with E-state index in [1.807, 2.05) is 43.3 Å². The molecule has 0 aromatic heterocycles. The Morgan fingerprint density at radius 1 is 0.909 bits per heavy atom. The molecule has 0 N–H and O–H groups in total. The maximum Gasteiger partial charge on any atom is 0.150 e. The minimum absolute atomic E-state index is 0.459. The van der Waals surface area contributed by atoms with Gasteiger partial charge in [0.2, 0.25) is 0 Å². The zero-order valence-corrected chi connectivity index (χ0v) is 13.8. The molecule has 2 aromatic carbocycles. The smallest absolute Gasteiger partial charge is 0.150 e. The maximum atomic E-state index is 6.11. The number of azo groups is 1. The Labute approximate surface area is 135 Å². The summed E-state index contributed by atoms with van der Waals surface area (Å²) in [5, 5.41) is 8.87. The molecule has 0 fully saturated rings. The fourth-order valence-corrected chi connectivity index (χ4v) is 2.09. The second-order valence-corrected chi connectivity index (χ2v) is 5.18. The predicted molar refractivity (Wildman–Crippen MR) is 89.5 cm³/mol. The van der Waals surface area contributed by atoms with Gasteiger partial charge in [0.05, 0.1) is 24.9 Å². The van der Waals surface area contributed by atoms with Gasteiger partial charge in [0, 0.05) is 25.8 Å². The van der Waals surface area contributed by atoms with Crippen molar-refractivity contribution >= 4 is 28.7 Å². The lowest BCUT2D eigenvalue weighted by Gasteiger charge is -2.11. The van der Waals surface area contributed by atoms with Crippen LogP contribution in [0.2, 0.25) is 5.02 Å². The van der Waals surface area contributed by atoms with Crippen LogP contribution in [-0.2, 0) is 0 Å². The number of methoxy groups -OCH3 is 2.